The van der Waals surface area contributed by atoms with Crippen molar-refractivity contribution < 1.29 is 18.3 Å². The summed E-state index contributed by atoms with van der Waals surface area (Å²) in [5, 5.41) is 3.28. The number of benzene rings is 1. The number of amides is 1. The maximum atomic E-state index is 13.1. The normalized spacial score (nSPS) is 10.8. The highest BCUT2D eigenvalue weighted by Crippen LogP contribution is 2.25. The average molecular weight is 251 g/mol. The minimum Gasteiger partial charge on any atom is -0.451 e. The second-order valence-corrected chi connectivity index (χ2v) is 3.95. The van der Waals surface area contributed by atoms with Gasteiger partial charge in [-0.1, -0.05) is 0 Å². The van der Waals surface area contributed by atoms with Crippen molar-refractivity contribution in [2.24, 2.45) is 0 Å². The molecule has 0 spiro atoms. The first kappa shape index (κ1) is 12.6. The second kappa shape index (κ2) is 5.18. The van der Waals surface area contributed by atoms with E-state index in [4.69, 9.17) is 9.15 Å². The first-order valence-electron chi connectivity index (χ1n) is 5.59. The van der Waals surface area contributed by atoms with Crippen molar-refractivity contribution in [1.29, 1.82) is 0 Å². The Morgan fingerprint density at radius 1 is 1.50 bits per heavy atom. The summed E-state index contributed by atoms with van der Waals surface area (Å²) in [6.45, 7) is 2.57. The minimum absolute atomic E-state index is 0.215. The van der Waals surface area contributed by atoms with Gasteiger partial charge in [0, 0.05) is 24.6 Å². The van der Waals surface area contributed by atoms with E-state index in [1.807, 2.05) is 0 Å². The molecule has 0 saturated carbocycles. The second-order valence-electron chi connectivity index (χ2n) is 3.95. The molecule has 0 aliphatic carbocycles. The van der Waals surface area contributed by atoms with Crippen LogP contribution < -0.4 is 5.32 Å². The third kappa shape index (κ3) is 2.36. The molecule has 1 aromatic heterocycles. The Labute approximate surface area is 104 Å². The summed E-state index contributed by atoms with van der Waals surface area (Å²) in [7, 11) is 1.56. The van der Waals surface area contributed by atoms with Gasteiger partial charge in [-0.2, -0.15) is 0 Å². The summed E-state index contributed by atoms with van der Waals surface area (Å²) >= 11 is 0. The van der Waals surface area contributed by atoms with E-state index >= 15 is 0 Å². The number of carbonyl (C=O) groups is 1. The van der Waals surface area contributed by atoms with Gasteiger partial charge in [0.15, 0.2) is 5.76 Å². The molecule has 96 valence electrons. The molecule has 4 nitrogen and oxygen atoms in total. The predicted molar refractivity (Wildman–Crippen MR) is 65.1 cm³/mol. The fraction of sp³-hybridized carbons (Fsp3) is 0.308. The zero-order valence-corrected chi connectivity index (χ0v) is 10.2. The molecule has 2 aromatic rings. The summed E-state index contributed by atoms with van der Waals surface area (Å²) < 4.78 is 23.4. The SMILES string of the molecule is COCCNC(=O)c1oc2ccc(F)cc2c1C. The molecule has 1 amide bonds. The number of ether oxygens (including phenoxy) is 1. The summed E-state index contributed by atoms with van der Waals surface area (Å²) in [4.78, 5) is 11.8. The number of fused-ring (bicyclic) bond motifs is 1. The van der Waals surface area contributed by atoms with Gasteiger partial charge in [-0.05, 0) is 25.1 Å². The number of furan rings is 1. The fourth-order valence-electron chi connectivity index (χ4n) is 1.76. The Hall–Kier alpha value is -1.88. The van der Waals surface area contributed by atoms with Crippen LogP contribution in [0.2, 0.25) is 0 Å². The van der Waals surface area contributed by atoms with Gasteiger partial charge >= 0.3 is 0 Å². The van der Waals surface area contributed by atoms with E-state index in [2.05, 4.69) is 5.32 Å². The van der Waals surface area contributed by atoms with Gasteiger partial charge in [0.1, 0.15) is 11.4 Å². The smallest absolute Gasteiger partial charge is 0.287 e. The lowest BCUT2D eigenvalue weighted by molar-refractivity contribution is 0.0911. The number of hydrogen-bond donors (Lipinski definition) is 1. The van der Waals surface area contributed by atoms with E-state index in [0.717, 1.165) is 0 Å². The van der Waals surface area contributed by atoms with Crippen LogP contribution in [0.3, 0.4) is 0 Å². The zero-order valence-electron chi connectivity index (χ0n) is 10.2. The van der Waals surface area contributed by atoms with E-state index in [1.54, 1.807) is 14.0 Å². The highest BCUT2D eigenvalue weighted by Gasteiger charge is 2.17. The van der Waals surface area contributed by atoms with Gasteiger partial charge in [0.05, 0.1) is 6.61 Å². The highest BCUT2D eigenvalue weighted by atomic mass is 19.1. The number of methoxy groups -OCH3 is 1. The molecule has 5 heteroatoms. The third-order valence-electron chi connectivity index (χ3n) is 2.70. The van der Waals surface area contributed by atoms with E-state index in [9.17, 15) is 9.18 Å². The van der Waals surface area contributed by atoms with Gasteiger partial charge < -0.3 is 14.5 Å². The number of carbonyl (C=O) groups excluding carboxylic acids is 1. The fourth-order valence-corrected chi connectivity index (χ4v) is 1.76. The Morgan fingerprint density at radius 3 is 3.00 bits per heavy atom. The Bertz CT molecular complexity index is 577. The van der Waals surface area contributed by atoms with E-state index in [1.165, 1.54) is 18.2 Å². The maximum Gasteiger partial charge on any atom is 0.287 e. The monoisotopic (exact) mass is 251 g/mol. The Kier molecular flexibility index (Phi) is 3.62. The minimum atomic E-state index is -0.349. The van der Waals surface area contributed by atoms with Crippen LogP contribution in [-0.4, -0.2) is 26.2 Å². The van der Waals surface area contributed by atoms with Crippen LogP contribution in [0, 0.1) is 12.7 Å². The van der Waals surface area contributed by atoms with E-state index in [0.29, 0.717) is 29.7 Å². The van der Waals surface area contributed by atoms with Crippen LogP contribution in [0.4, 0.5) is 4.39 Å². The standard InChI is InChI=1S/C13H14FNO3/c1-8-10-7-9(14)3-4-11(10)18-12(8)13(16)15-5-6-17-2/h3-4,7H,5-6H2,1-2H3,(H,15,16). The summed E-state index contributed by atoms with van der Waals surface area (Å²) in [5.41, 5.74) is 1.14. The number of hydrogen-bond acceptors (Lipinski definition) is 3. The van der Waals surface area contributed by atoms with Crippen molar-refractivity contribution in [3.63, 3.8) is 0 Å². The lowest BCUT2D eigenvalue weighted by Crippen LogP contribution is -2.27. The topological polar surface area (TPSA) is 51.5 Å². The van der Waals surface area contributed by atoms with Crippen LogP contribution in [0.15, 0.2) is 22.6 Å². The quantitative estimate of drug-likeness (QED) is 0.848. The zero-order chi connectivity index (χ0) is 13.1. The molecular formula is C13H14FNO3. The van der Waals surface area contributed by atoms with E-state index in [-0.39, 0.29) is 17.5 Å². The summed E-state index contributed by atoms with van der Waals surface area (Å²) in [6.07, 6.45) is 0. The van der Waals surface area contributed by atoms with Crippen LogP contribution in [0.5, 0.6) is 0 Å². The molecule has 0 aliphatic rings. The molecule has 0 radical (unpaired) electrons. The number of halogens is 1. The Balaban J connectivity index is 2.28. The number of nitrogens with one attached hydrogen (secondary N) is 1. The Morgan fingerprint density at radius 2 is 2.28 bits per heavy atom. The molecule has 2 rings (SSSR count). The molecule has 1 aromatic carbocycles. The van der Waals surface area contributed by atoms with Crippen molar-refractivity contribution in [3.05, 3.63) is 35.3 Å². The van der Waals surface area contributed by atoms with Crippen molar-refractivity contribution >= 4 is 16.9 Å². The molecule has 1 heterocycles. The average Bonchev–Trinajstić information content (AvgIpc) is 2.67. The lowest BCUT2D eigenvalue weighted by atomic mass is 10.1. The molecule has 1 N–H and O–H groups in total. The van der Waals surface area contributed by atoms with Crippen molar-refractivity contribution in [2.45, 2.75) is 6.92 Å². The summed E-state index contributed by atoms with van der Waals surface area (Å²) in [5.74, 6) is -0.453. The molecule has 0 atom stereocenters. The highest BCUT2D eigenvalue weighted by molar-refractivity contribution is 5.98. The van der Waals surface area contributed by atoms with Gasteiger partial charge in [-0.3, -0.25) is 4.79 Å². The molecule has 0 unspecified atom stereocenters. The van der Waals surface area contributed by atoms with Crippen molar-refractivity contribution in [1.82, 2.24) is 5.32 Å². The van der Waals surface area contributed by atoms with Crippen LogP contribution in [0.25, 0.3) is 11.0 Å². The summed E-state index contributed by atoms with van der Waals surface area (Å²) in [6, 6.07) is 4.18. The number of aryl methyl sites for hydroxylation is 1. The van der Waals surface area contributed by atoms with Crippen LogP contribution >= 0.6 is 0 Å². The van der Waals surface area contributed by atoms with Gasteiger partial charge in [-0.15, -0.1) is 0 Å². The molecule has 0 aliphatic heterocycles. The van der Waals surface area contributed by atoms with Crippen LogP contribution in [-0.2, 0) is 4.74 Å². The molecule has 0 bridgehead atoms. The van der Waals surface area contributed by atoms with Crippen molar-refractivity contribution in [2.75, 3.05) is 20.3 Å². The molecule has 0 fully saturated rings. The van der Waals surface area contributed by atoms with E-state index < -0.39 is 0 Å². The first-order valence-corrected chi connectivity index (χ1v) is 5.59. The van der Waals surface area contributed by atoms with Gasteiger partial charge in [0.25, 0.3) is 5.91 Å². The van der Waals surface area contributed by atoms with Crippen molar-refractivity contribution in [3.8, 4) is 0 Å². The first-order chi connectivity index (χ1) is 8.63. The molecule has 0 saturated heterocycles. The predicted octanol–water partition coefficient (Wildman–Crippen LogP) is 2.26. The molecule has 18 heavy (non-hydrogen) atoms. The maximum absolute atomic E-state index is 13.1. The van der Waals surface area contributed by atoms with Crippen LogP contribution in [0.1, 0.15) is 16.1 Å². The number of rotatable bonds is 4. The third-order valence-corrected chi connectivity index (χ3v) is 2.70. The molecular weight excluding hydrogens is 237 g/mol. The van der Waals surface area contributed by atoms with Gasteiger partial charge in [-0.25, -0.2) is 4.39 Å². The van der Waals surface area contributed by atoms with Gasteiger partial charge in [0.2, 0.25) is 0 Å². The lowest BCUT2D eigenvalue weighted by Gasteiger charge is -2.02. The largest absolute Gasteiger partial charge is 0.451 e.